The summed E-state index contributed by atoms with van der Waals surface area (Å²) in [6, 6.07) is 10.0. The summed E-state index contributed by atoms with van der Waals surface area (Å²) in [4.78, 5) is 24.1. The van der Waals surface area contributed by atoms with Crippen LogP contribution in [0.4, 0.5) is 0 Å². The van der Waals surface area contributed by atoms with Crippen molar-refractivity contribution < 1.29 is 24.7 Å². The molecule has 1 atom stereocenters. The zero-order valence-corrected chi connectivity index (χ0v) is 13.7. The van der Waals surface area contributed by atoms with Gasteiger partial charge in [-0.05, 0) is 42.0 Å². The number of nitrogens with one attached hydrogen (secondary N) is 1. The molecule has 0 saturated carbocycles. The number of hydrogen-bond donors (Lipinski definition) is 4. The van der Waals surface area contributed by atoms with Crippen molar-refractivity contribution in [2.75, 3.05) is 0 Å². The van der Waals surface area contributed by atoms with E-state index in [0.717, 1.165) is 4.88 Å². The zero-order chi connectivity index (χ0) is 17.5. The summed E-state index contributed by atoms with van der Waals surface area (Å²) >= 11 is 1.56. The first-order valence-electron chi connectivity index (χ1n) is 7.46. The van der Waals surface area contributed by atoms with Gasteiger partial charge in [0.15, 0.2) is 0 Å². The van der Waals surface area contributed by atoms with Crippen molar-refractivity contribution in [2.45, 2.75) is 25.2 Å². The summed E-state index contributed by atoms with van der Waals surface area (Å²) < 4.78 is 0. The number of amides is 1. The molecule has 0 bridgehead atoms. The predicted octanol–water partition coefficient (Wildman–Crippen LogP) is 1.12. The zero-order valence-electron chi connectivity index (χ0n) is 12.9. The number of aromatic carboxylic acids is 1. The fraction of sp³-hybridized carbons (Fsp3) is 0.250. The smallest absolute Gasteiger partial charge is 0.475 e. The largest absolute Gasteiger partial charge is 0.478 e. The van der Waals surface area contributed by atoms with E-state index in [1.54, 1.807) is 23.5 Å². The van der Waals surface area contributed by atoms with Crippen molar-refractivity contribution in [1.29, 1.82) is 0 Å². The Morgan fingerprint density at radius 1 is 1.21 bits per heavy atom. The lowest BCUT2D eigenvalue weighted by Gasteiger charge is -2.18. The van der Waals surface area contributed by atoms with Crippen LogP contribution >= 0.6 is 11.3 Å². The molecule has 0 aliphatic heterocycles. The summed E-state index contributed by atoms with van der Waals surface area (Å²) in [6.07, 6.45) is 0.967. The van der Waals surface area contributed by atoms with Crippen LogP contribution in [0.3, 0.4) is 0 Å². The minimum absolute atomic E-state index is 0.114. The second-order valence-electron chi connectivity index (χ2n) is 5.38. The van der Waals surface area contributed by atoms with Crippen molar-refractivity contribution in [1.82, 2.24) is 5.32 Å². The van der Waals surface area contributed by atoms with Crippen LogP contribution in [0.25, 0.3) is 0 Å². The minimum Gasteiger partial charge on any atom is -0.478 e. The number of rotatable bonds is 8. The lowest BCUT2D eigenvalue weighted by atomic mass is 9.75. The SMILES string of the molecule is O=C(CCc1cccs1)NC(Cc1cccc(C(=O)O)c1)B(O)O. The highest BCUT2D eigenvalue weighted by Crippen LogP contribution is 2.12. The fourth-order valence-corrected chi connectivity index (χ4v) is 3.00. The van der Waals surface area contributed by atoms with Crippen molar-refractivity contribution in [3.8, 4) is 0 Å². The first-order chi connectivity index (χ1) is 11.5. The summed E-state index contributed by atoms with van der Waals surface area (Å²) in [6.45, 7) is 0. The van der Waals surface area contributed by atoms with Crippen LogP contribution in [-0.4, -0.2) is 40.1 Å². The monoisotopic (exact) mass is 347 g/mol. The fourth-order valence-electron chi connectivity index (χ4n) is 2.29. The van der Waals surface area contributed by atoms with Crippen molar-refractivity contribution in [2.24, 2.45) is 0 Å². The highest BCUT2D eigenvalue weighted by atomic mass is 32.1. The number of thiophene rings is 1. The third kappa shape index (κ3) is 5.49. The first kappa shape index (κ1) is 18.2. The molecule has 8 heteroatoms. The van der Waals surface area contributed by atoms with Gasteiger partial charge < -0.3 is 20.5 Å². The van der Waals surface area contributed by atoms with E-state index in [1.807, 2.05) is 17.5 Å². The van der Waals surface area contributed by atoms with E-state index >= 15 is 0 Å². The van der Waals surface area contributed by atoms with Crippen LogP contribution in [0.1, 0.15) is 27.2 Å². The summed E-state index contributed by atoms with van der Waals surface area (Å²) in [5.41, 5.74) is 0.717. The van der Waals surface area contributed by atoms with Gasteiger partial charge in [-0.1, -0.05) is 18.2 Å². The molecular weight excluding hydrogens is 329 g/mol. The lowest BCUT2D eigenvalue weighted by Crippen LogP contribution is -2.48. The average Bonchev–Trinajstić information content (AvgIpc) is 3.06. The lowest BCUT2D eigenvalue weighted by molar-refractivity contribution is -0.121. The van der Waals surface area contributed by atoms with Gasteiger partial charge >= 0.3 is 13.1 Å². The van der Waals surface area contributed by atoms with E-state index in [0.29, 0.717) is 12.0 Å². The van der Waals surface area contributed by atoms with Crippen molar-refractivity contribution in [3.63, 3.8) is 0 Å². The van der Waals surface area contributed by atoms with Crippen LogP contribution in [0, 0.1) is 0 Å². The Morgan fingerprint density at radius 3 is 2.62 bits per heavy atom. The van der Waals surface area contributed by atoms with E-state index in [1.165, 1.54) is 12.1 Å². The number of hydrogen-bond acceptors (Lipinski definition) is 5. The molecule has 6 nitrogen and oxygen atoms in total. The Kier molecular flexibility index (Phi) is 6.54. The molecule has 2 rings (SSSR count). The second kappa shape index (κ2) is 8.63. The molecule has 2 aromatic rings. The van der Waals surface area contributed by atoms with E-state index in [2.05, 4.69) is 5.32 Å². The number of carbonyl (C=O) groups is 2. The molecule has 0 fully saturated rings. The quantitative estimate of drug-likeness (QED) is 0.536. The molecule has 4 N–H and O–H groups in total. The van der Waals surface area contributed by atoms with Gasteiger partial charge in [-0.25, -0.2) is 4.79 Å². The van der Waals surface area contributed by atoms with Crippen LogP contribution in [0.2, 0.25) is 0 Å². The number of aryl methyl sites for hydroxylation is 1. The molecule has 126 valence electrons. The number of carboxylic acid groups (broad SMARTS) is 1. The van der Waals surface area contributed by atoms with E-state index in [9.17, 15) is 19.6 Å². The normalized spacial score (nSPS) is 11.8. The molecule has 1 aromatic heterocycles. The summed E-state index contributed by atoms with van der Waals surface area (Å²) in [5, 5.41) is 32.5. The Hall–Kier alpha value is -2.16. The van der Waals surface area contributed by atoms with Crippen LogP contribution < -0.4 is 5.32 Å². The highest BCUT2D eigenvalue weighted by molar-refractivity contribution is 7.09. The van der Waals surface area contributed by atoms with Gasteiger partial charge in [0.2, 0.25) is 5.91 Å². The van der Waals surface area contributed by atoms with Gasteiger partial charge in [0.05, 0.1) is 11.5 Å². The Morgan fingerprint density at radius 2 is 2.00 bits per heavy atom. The van der Waals surface area contributed by atoms with E-state index in [4.69, 9.17) is 5.11 Å². The Labute approximate surface area is 143 Å². The molecule has 0 saturated heterocycles. The highest BCUT2D eigenvalue weighted by Gasteiger charge is 2.25. The molecule has 1 unspecified atom stereocenters. The van der Waals surface area contributed by atoms with Gasteiger partial charge in [-0.15, -0.1) is 11.3 Å². The standard InChI is InChI=1S/C16H18BNO5S/c19-15(7-6-13-5-2-8-24-13)18-14(17(22)23)10-11-3-1-4-12(9-11)16(20)21/h1-5,8-9,14,22-23H,6-7,10H2,(H,18,19)(H,20,21). The van der Waals surface area contributed by atoms with Crippen molar-refractivity contribution >= 4 is 30.3 Å². The number of carbonyl (C=O) groups excluding carboxylic acids is 1. The maximum atomic E-state index is 12.0. The topological polar surface area (TPSA) is 107 Å². The average molecular weight is 347 g/mol. The third-order valence-electron chi connectivity index (χ3n) is 3.51. The molecule has 24 heavy (non-hydrogen) atoms. The van der Waals surface area contributed by atoms with E-state index in [-0.39, 0.29) is 24.3 Å². The maximum absolute atomic E-state index is 12.0. The number of carboxylic acids is 1. The third-order valence-corrected chi connectivity index (χ3v) is 4.45. The van der Waals surface area contributed by atoms with Crippen molar-refractivity contribution in [3.05, 3.63) is 57.8 Å². The molecule has 0 aliphatic rings. The molecule has 1 aromatic carbocycles. The first-order valence-corrected chi connectivity index (χ1v) is 8.34. The molecular formula is C16H18BNO5S. The number of benzene rings is 1. The van der Waals surface area contributed by atoms with Gasteiger partial charge in [0.25, 0.3) is 0 Å². The van der Waals surface area contributed by atoms with Crippen LogP contribution in [0.5, 0.6) is 0 Å². The van der Waals surface area contributed by atoms with Gasteiger partial charge in [-0.2, -0.15) is 0 Å². The molecule has 1 heterocycles. The maximum Gasteiger partial charge on any atom is 0.475 e. The predicted molar refractivity (Wildman–Crippen MR) is 91.9 cm³/mol. The Balaban J connectivity index is 1.95. The van der Waals surface area contributed by atoms with Gasteiger partial charge in [0, 0.05) is 11.3 Å². The summed E-state index contributed by atoms with van der Waals surface area (Å²) in [7, 11) is -1.73. The second-order valence-corrected chi connectivity index (χ2v) is 6.41. The van der Waals surface area contributed by atoms with Gasteiger partial charge in [-0.3, -0.25) is 4.79 Å². The molecule has 0 aliphatic carbocycles. The van der Waals surface area contributed by atoms with E-state index < -0.39 is 19.0 Å². The summed E-state index contributed by atoms with van der Waals surface area (Å²) in [5.74, 6) is -2.24. The minimum atomic E-state index is -1.73. The molecule has 1 amide bonds. The van der Waals surface area contributed by atoms with Gasteiger partial charge in [0.1, 0.15) is 0 Å². The van der Waals surface area contributed by atoms with Crippen LogP contribution in [0.15, 0.2) is 41.8 Å². The van der Waals surface area contributed by atoms with Crippen LogP contribution in [-0.2, 0) is 17.6 Å². The molecule has 0 spiro atoms. The Bertz CT molecular complexity index is 690. The molecule has 0 radical (unpaired) electrons.